The molecule has 0 bridgehead atoms. The molecular weight excluding hydrogens is 338 g/mol. The van der Waals surface area contributed by atoms with Crippen molar-refractivity contribution >= 4 is 21.8 Å². The summed E-state index contributed by atoms with van der Waals surface area (Å²) in [6, 6.07) is 17.6. The molecule has 0 radical (unpaired) electrons. The van der Waals surface area contributed by atoms with Crippen LogP contribution in [0.1, 0.15) is 5.56 Å². The van der Waals surface area contributed by atoms with Gasteiger partial charge in [0.2, 0.25) is 0 Å². The molecule has 0 unspecified atom stereocenters. The zero-order valence-electron chi connectivity index (χ0n) is 13.1. The van der Waals surface area contributed by atoms with Gasteiger partial charge in [0.05, 0.1) is 5.41 Å². The number of anilines is 1. The molecule has 3 aromatic rings. The first-order valence-corrected chi connectivity index (χ1v) is 8.96. The van der Waals surface area contributed by atoms with Crippen molar-refractivity contribution in [1.82, 2.24) is 9.97 Å². The average molecular weight is 353 g/mol. The molecule has 1 aromatic heterocycles. The Kier molecular flexibility index (Phi) is 5.06. The molecule has 3 rings (SSSR count). The second-order valence-electron chi connectivity index (χ2n) is 5.02. The lowest BCUT2D eigenvalue weighted by Crippen LogP contribution is -2.08. The molecule has 0 aliphatic carbocycles. The van der Waals surface area contributed by atoms with Gasteiger partial charge in [-0.3, -0.25) is 4.72 Å². The second-order valence-corrected chi connectivity index (χ2v) is 6.58. The Labute approximate surface area is 145 Å². The van der Waals surface area contributed by atoms with Crippen LogP contribution in [0.5, 0.6) is 11.8 Å². The molecule has 0 fully saturated rings. The molecule has 2 aromatic carbocycles. The molecule has 7 heteroatoms. The quantitative estimate of drug-likeness (QED) is 0.731. The predicted octanol–water partition coefficient (Wildman–Crippen LogP) is 3.68. The minimum atomic E-state index is -3.60. The van der Waals surface area contributed by atoms with Gasteiger partial charge in [-0.05, 0) is 42.0 Å². The SMILES string of the molecule is O=S(=O)(C=Cc1ccccc1)Nc1ccc(Oc2ncccn2)cc1. The van der Waals surface area contributed by atoms with Crippen LogP contribution in [-0.4, -0.2) is 18.4 Å². The van der Waals surface area contributed by atoms with Crippen molar-refractivity contribution in [2.24, 2.45) is 0 Å². The van der Waals surface area contributed by atoms with Crippen LogP contribution in [0.4, 0.5) is 5.69 Å². The van der Waals surface area contributed by atoms with E-state index >= 15 is 0 Å². The van der Waals surface area contributed by atoms with Gasteiger partial charge < -0.3 is 4.74 Å². The summed E-state index contributed by atoms with van der Waals surface area (Å²) in [6.07, 6.45) is 4.68. The Morgan fingerprint density at radius 3 is 2.24 bits per heavy atom. The molecule has 1 heterocycles. The number of sulfonamides is 1. The molecule has 0 aliphatic heterocycles. The minimum absolute atomic E-state index is 0.224. The van der Waals surface area contributed by atoms with E-state index in [9.17, 15) is 8.42 Å². The van der Waals surface area contributed by atoms with Gasteiger partial charge in [-0.15, -0.1) is 0 Å². The molecule has 0 saturated carbocycles. The van der Waals surface area contributed by atoms with Crippen molar-refractivity contribution in [2.45, 2.75) is 0 Å². The monoisotopic (exact) mass is 353 g/mol. The summed E-state index contributed by atoms with van der Waals surface area (Å²) >= 11 is 0. The van der Waals surface area contributed by atoms with E-state index in [1.807, 2.05) is 30.3 Å². The van der Waals surface area contributed by atoms with E-state index in [0.717, 1.165) is 11.0 Å². The van der Waals surface area contributed by atoms with Crippen LogP contribution in [0.3, 0.4) is 0 Å². The van der Waals surface area contributed by atoms with E-state index < -0.39 is 10.0 Å². The van der Waals surface area contributed by atoms with Crippen molar-refractivity contribution in [3.8, 4) is 11.8 Å². The van der Waals surface area contributed by atoms with E-state index in [1.165, 1.54) is 6.08 Å². The lowest BCUT2D eigenvalue weighted by Gasteiger charge is -2.06. The third-order valence-electron chi connectivity index (χ3n) is 3.10. The Bertz CT molecular complexity index is 942. The lowest BCUT2D eigenvalue weighted by atomic mass is 10.2. The lowest BCUT2D eigenvalue weighted by molar-refractivity contribution is 0.442. The number of ether oxygens (including phenoxy) is 1. The number of hydrogen-bond donors (Lipinski definition) is 1. The van der Waals surface area contributed by atoms with Gasteiger partial charge in [0, 0.05) is 18.1 Å². The van der Waals surface area contributed by atoms with Gasteiger partial charge in [-0.2, -0.15) is 0 Å². The van der Waals surface area contributed by atoms with Crippen LogP contribution >= 0.6 is 0 Å². The number of nitrogens with zero attached hydrogens (tertiary/aromatic N) is 2. The van der Waals surface area contributed by atoms with E-state index in [4.69, 9.17) is 4.74 Å². The topological polar surface area (TPSA) is 81.2 Å². The van der Waals surface area contributed by atoms with Gasteiger partial charge >= 0.3 is 6.01 Å². The van der Waals surface area contributed by atoms with E-state index in [2.05, 4.69) is 14.7 Å². The van der Waals surface area contributed by atoms with Crippen molar-refractivity contribution in [3.05, 3.63) is 84.0 Å². The van der Waals surface area contributed by atoms with Crippen LogP contribution in [-0.2, 0) is 10.0 Å². The summed E-state index contributed by atoms with van der Waals surface area (Å²) in [4.78, 5) is 7.91. The van der Waals surface area contributed by atoms with Crippen LogP contribution < -0.4 is 9.46 Å². The largest absolute Gasteiger partial charge is 0.424 e. The molecule has 0 aliphatic rings. The zero-order valence-corrected chi connectivity index (χ0v) is 13.9. The Balaban J connectivity index is 1.65. The highest BCUT2D eigenvalue weighted by molar-refractivity contribution is 7.95. The van der Waals surface area contributed by atoms with Crippen molar-refractivity contribution in [1.29, 1.82) is 0 Å². The first kappa shape index (κ1) is 16.7. The highest BCUT2D eigenvalue weighted by atomic mass is 32.2. The molecular formula is C18H15N3O3S. The fourth-order valence-corrected chi connectivity index (χ4v) is 2.83. The fraction of sp³-hybridized carbons (Fsp3) is 0. The van der Waals surface area contributed by atoms with Gasteiger partial charge in [0.1, 0.15) is 5.75 Å². The second kappa shape index (κ2) is 7.59. The first-order chi connectivity index (χ1) is 12.1. The predicted molar refractivity (Wildman–Crippen MR) is 96.6 cm³/mol. The Morgan fingerprint density at radius 2 is 1.56 bits per heavy atom. The smallest absolute Gasteiger partial charge is 0.321 e. The molecule has 1 N–H and O–H groups in total. The van der Waals surface area contributed by atoms with E-state index in [-0.39, 0.29) is 6.01 Å². The van der Waals surface area contributed by atoms with Gasteiger partial charge in [0.25, 0.3) is 10.0 Å². The molecule has 6 nitrogen and oxygen atoms in total. The first-order valence-electron chi connectivity index (χ1n) is 7.42. The number of nitrogens with one attached hydrogen (secondary N) is 1. The summed E-state index contributed by atoms with van der Waals surface area (Å²) < 4.78 is 32.1. The number of rotatable bonds is 6. The third kappa shape index (κ3) is 5.15. The highest BCUT2D eigenvalue weighted by Gasteiger charge is 2.06. The van der Waals surface area contributed by atoms with Crippen LogP contribution in [0, 0.1) is 0 Å². The summed E-state index contributed by atoms with van der Waals surface area (Å²) in [5.74, 6) is 0.508. The molecule has 0 saturated heterocycles. The van der Waals surface area contributed by atoms with Gasteiger partial charge in [0.15, 0.2) is 0 Å². The maximum Gasteiger partial charge on any atom is 0.321 e. The Morgan fingerprint density at radius 1 is 0.880 bits per heavy atom. The van der Waals surface area contributed by atoms with Crippen molar-refractivity contribution < 1.29 is 13.2 Å². The number of aromatic nitrogens is 2. The molecule has 0 amide bonds. The van der Waals surface area contributed by atoms with Gasteiger partial charge in [-0.25, -0.2) is 18.4 Å². The van der Waals surface area contributed by atoms with Crippen molar-refractivity contribution in [2.75, 3.05) is 4.72 Å². The maximum absolute atomic E-state index is 12.1. The van der Waals surface area contributed by atoms with Crippen molar-refractivity contribution in [3.63, 3.8) is 0 Å². The van der Waals surface area contributed by atoms with Gasteiger partial charge in [-0.1, -0.05) is 30.3 Å². The summed E-state index contributed by atoms with van der Waals surface area (Å²) in [6.45, 7) is 0. The van der Waals surface area contributed by atoms with E-state index in [0.29, 0.717) is 11.4 Å². The highest BCUT2D eigenvalue weighted by Crippen LogP contribution is 2.20. The third-order valence-corrected chi connectivity index (χ3v) is 4.12. The van der Waals surface area contributed by atoms with E-state index in [1.54, 1.807) is 42.7 Å². The minimum Gasteiger partial charge on any atom is -0.424 e. The summed E-state index contributed by atoms with van der Waals surface area (Å²) in [5, 5.41) is 1.13. The summed E-state index contributed by atoms with van der Waals surface area (Å²) in [5.41, 5.74) is 1.23. The van der Waals surface area contributed by atoms with Crippen LogP contribution in [0.2, 0.25) is 0 Å². The molecule has 0 spiro atoms. The molecule has 126 valence electrons. The number of benzene rings is 2. The van der Waals surface area contributed by atoms with Crippen LogP contribution in [0.25, 0.3) is 6.08 Å². The van der Waals surface area contributed by atoms with Crippen LogP contribution in [0.15, 0.2) is 78.5 Å². The Hall–Kier alpha value is -3.19. The normalized spacial score (nSPS) is 11.4. The zero-order chi connectivity index (χ0) is 17.5. The standard InChI is InChI=1S/C18H15N3O3S/c22-25(23,14-11-15-5-2-1-3-6-15)21-16-7-9-17(10-8-16)24-18-19-12-4-13-20-18/h1-14,21H. The molecule has 0 atom stereocenters. The number of hydrogen-bond acceptors (Lipinski definition) is 5. The summed E-state index contributed by atoms with van der Waals surface area (Å²) in [7, 11) is -3.60. The molecule has 25 heavy (non-hydrogen) atoms. The average Bonchev–Trinajstić information content (AvgIpc) is 2.63. The maximum atomic E-state index is 12.1. The fourth-order valence-electron chi connectivity index (χ4n) is 1.97.